The van der Waals surface area contributed by atoms with E-state index in [1.165, 1.54) is 22.7 Å². The Morgan fingerprint density at radius 2 is 2.00 bits per heavy atom. The van der Waals surface area contributed by atoms with Crippen molar-refractivity contribution in [3.63, 3.8) is 0 Å². The minimum Gasteiger partial charge on any atom is -0.490 e. The molecule has 39 heavy (non-hydrogen) atoms. The second kappa shape index (κ2) is 8.13. The van der Waals surface area contributed by atoms with Crippen LogP contribution in [0.15, 0.2) is 42.7 Å². The van der Waals surface area contributed by atoms with Gasteiger partial charge in [0, 0.05) is 40.6 Å². The molecule has 3 unspecified atom stereocenters. The van der Waals surface area contributed by atoms with E-state index < -0.39 is 30.6 Å². The molecule has 2 aliphatic heterocycles. The average molecular weight is 538 g/mol. The Bertz CT molecular complexity index is 1670. The quantitative estimate of drug-likeness (QED) is 0.279. The molecule has 3 atom stereocenters. The predicted octanol–water partition coefficient (Wildman–Crippen LogP) is 1.41. The predicted molar refractivity (Wildman–Crippen MR) is 126 cm³/mol. The summed E-state index contributed by atoms with van der Waals surface area (Å²) in [6.45, 7) is -2.86. The molecule has 3 aromatic heterocycles. The van der Waals surface area contributed by atoms with E-state index in [1.807, 2.05) is 0 Å². The minimum absolute atomic E-state index is 0.0119. The number of alkyl halides is 2. The van der Waals surface area contributed by atoms with Gasteiger partial charge in [0.05, 0.1) is 23.5 Å². The second-order valence-electron chi connectivity index (χ2n) is 9.58. The zero-order chi connectivity index (χ0) is 27.2. The molecule has 200 valence electrons. The van der Waals surface area contributed by atoms with E-state index >= 15 is 0 Å². The maximum absolute atomic E-state index is 13.4. The number of rotatable bonds is 4. The molecule has 1 aromatic carbocycles. The summed E-state index contributed by atoms with van der Waals surface area (Å²) in [6.07, 6.45) is -0.299. The number of nitrogens with two attached hydrogens (primary N) is 1. The van der Waals surface area contributed by atoms with E-state index in [1.54, 1.807) is 24.5 Å². The van der Waals surface area contributed by atoms with Crippen molar-refractivity contribution in [1.29, 1.82) is 0 Å². The van der Waals surface area contributed by atoms with Gasteiger partial charge >= 0.3 is 12.7 Å². The summed E-state index contributed by atoms with van der Waals surface area (Å²) < 4.78 is 38.5. The molecule has 0 spiro atoms. The van der Waals surface area contributed by atoms with Crippen molar-refractivity contribution in [1.82, 2.24) is 24.5 Å². The summed E-state index contributed by atoms with van der Waals surface area (Å²) in [5.41, 5.74) is 8.83. The first kappa shape index (κ1) is 23.8. The number of aliphatic hydroxyl groups is 3. The Balaban J connectivity index is 1.44. The Labute approximate surface area is 217 Å². The molecule has 0 fully saturated rings. The SMILES string of the molecule is NC1COc2cc(-c3ccn4nc5c(c4n3)C3CC5N(C(O)(O)O)C(=O)c4cccc(OC(F)F)c43)cnc21. The summed E-state index contributed by atoms with van der Waals surface area (Å²) >= 11 is 0. The Kier molecular flexibility index (Phi) is 4.97. The molecule has 5 N–H and O–H groups in total. The van der Waals surface area contributed by atoms with Crippen LogP contribution in [0, 0.1) is 0 Å². The molecule has 12 nitrogen and oxygen atoms in total. The van der Waals surface area contributed by atoms with Gasteiger partial charge in [-0.15, -0.1) is 0 Å². The number of ether oxygens (including phenoxy) is 2. The topological polar surface area (TPSA) is 169 Å². The number of hydrogen-bond donors (Lipinski definition) is 4. The lowest BCUT2D eigenvalue weighted by Gasteiger charge is -2.34. The third-order valence-corrected chi connectivity index (χ3v) is 7.33. The highest BCUT2D eigenvalue weighted by Crippen LogP contribution is 2.54. The van der Waals surface area contributed by atoms with Crippen LogP contribution in [0.2, 0.25) is 0 Å². The minimum atomic E-state index is -3.56. The van der Waals surface area contributed by atoms with Gasteiger partial charge in [0.1, 0.15) is 23.8 Å². The third-order valence-electron chi connectivity index (χ3n) is 7.33. The fraction of sp³-hybridized carbons (Fsp3) is 0.280. The van der Waals surface area contributed by atoms with E-state index in [-0.39, 0.29) is 35.0 Å². The van der Waals surface area contributed by atoms with Crippen molar-refractivity contribution < 1.29 is 38.4 Å². The maximum Gasteiger partial charge on any atom is 0.387 e. The first-order valence-electron chi connectivity index (χ1n) is 12.0. The van der Waals surface area contributed by atoms with Crippen molar-refractivity contribution in [3.8, 4) is 22.8 Å². The summed E-state index contributed by atoms with van der Waals surface area (Å²) in [6, 6.07) is 6.02. The number of pyridine rings is 1. The highest BCUT2D eigenvalue weighted by molar-refractivity contribution is 5.98. The first-order chi connectivity index (χ1) is 18.6. The van der Waals surface area contributed by atoms with Crippen molar-refractivity contribution >= 4 is 11.6 Å². The number of carbonyl (C=O) groups is 1. The molecule has 0 radical (unpaired) electrons. The van der Waals surface area contributed by atoms with E-state index in [4.69, 9.17) is 20.2 Å². The van der Waals surface area contributed by atoms with E-state index in [0.717, 1.165) is 0 Å². The standard InChI is InChI=1S/C25H20F2N6O6/c26-24(27)39-16-3-1-2-11-18(16)12-7-15(33(23(11)34)25(35,36)37)21-19(12)22-30-14(4-5-32(22)31-21)10-6-17-20(29-8-10)13(28)9-38-17/h1-6,8,12-13,15,24,35-37H,7,9,28H2. The van der Waals surface area contributed by atoms with Crippen molar-refractivity contribution in [2.24, 2.45) is 5.73 Å². The number of benzene rings is 1. The number of halogens is 2. The van der Waals surface area contributed by atoms with Gasteiger partial charge < -0.3 is 30.5 Å². The molecule has 1 aliphatic carbocycles. The van der Waals surface area contributed by atoms with Crippen LogP contribution < -0.4 is 15.2 Å². The summed E-state index contributed by atoms with van der Waals surface area (Å²) in [5.74, 6) is -1.43. The van der Waals surface area contributed by atoms with Crippen molar-refractivity contribution in [2.45, 2.75) is 37.1 Å². The molecular formula is C25H20F2N6O6. The highest BCUT2D eigenvalue weighted by atomic mass is 19.3. The van der Waals surface area contributed by atoms with Crippen molar-refractivity contribution in [3.05, 3.63) is 70.8 Å². The van der Waals surface area contributed by atoms with Crippen LogP contribution in [0.4, 0.5) is 8.78 Å². The monoisotopic (exact) mass is 538 g/mol. The molecule has 2 bridgehead atoms. The van der Waals surface area contributed by atoms with Crippen LogP contribution in [0.3, 0.4) is 0 Å². The lowest BCUT2D eigenvalue weighted by Crippen LogP contribution is -2.53. The maximum atomic E-state index is 13.4. The van der Waals surface area contributed by atoms with Gasteiger partial charge in [0.2, 0.25) is 0 Å². The van der Waals surface area contributed by atoms with E-state index in [9.17, 15) is 28.9 Å². The van der Waals surface area contributed by atoms with E-state index in [2.05, 4.69) is 10.1 Å². The zero-order valence-corrected chi connectivity index (χ0v) is 19.9. The van der Waals surface area contributed by atoms with E-state index in [0.29, 0.717) is 45.4 Å². The summed E-state index contributed by atoms with van der Waals surface area (Å²) in [7, 11) is 0. The number of carbonyl (C=O) groups excluding carboxylic acids is 1. The molecule has 14 heteroatoms. The molecule has 1 amide bonds. The molecule has 0 saturated carbocycles. The van der Waals surface area contributed by atoms with Crippen LogP contribution in [-0.4, -0.2) is 65.0 Å². The number of amides is 1. The van der Waals surface area contributed by atoms with Crippen molar-refractivity contribution in [2.75, 3.05) is 6.61 Å². The molecular weight excluding hydrogens is 518 g/mol. The molecule has 7 rings (SSSR count). The lowest BCUT2D eigenvalue weighted by molar-refractivity contribution is -0.385. The highest BCUT2D eigenvalue weighted by Gasteiger charge is 2.53. The number of hydrogen-bond acceptors (Lipinski definition) is 10. The Morgan fingerprint density at radius 1 is 1.18 bits per heavy atom. The zero-order valence-electron chi connectivity index (χ0n) is 19.9. The van der Waals surface area contributed by atoms with Crippen LogP contribution in [0.5, 0.6) is 11.5 Å². The van der Waals surface area contributed by atoms with Crippen LogP contribution >= 0.6 is 0 Å². The van der Waals surface area contributed by atoms with Crippen LogP contribution in [-0.2, 0) is 0 Å². The normalized spacial score (nSPS) is 21.6. The Morgan fingerprint density at radius 3 is 2.77 bits per heavy atom. The van der Waals surface area contributed by atoms with Gasteiger partial charge in [0.15, 0.2) is 5.65 Å². The molecule has 3 aliphatic rings. The number of fused-ring (bicyclic) bond motifs is 10. The molecule has 5 heterocycles. The lowest BCUT2D eigenvalue weighted by atomic mass is 9.89. The van der Waals surface area contributed by atoms with Gasteiger partial charge in [-0.25, -0.2) is 9.50 Å². The molecule has 0 saturated heterocycles. The molecule has 4 aromatic rings. The largest absolute Gasteiger partial charge is 0.490 e. The van der Waals surface area contributed by atoms with Crippen LogP contribution in [0.1, 0.15) is 57.3 Å². The van der Waals surface area contributed by atoms with Gasteiger partial charge in [-0.1, -0.05) is 6.07 Å². The number of nitrogens with zero attached hydrogens (tertiary/aromatic N) is 5. The average Bonchev–Trinajstić information content (AvgIpc) is 3.52. The summed E-state index contributed by atoms with van der Waals surface area (Å²) in [5, 5.41) is 35.0. The third kappa shape index (κ3) is 3.49. The fourth-order valence-electron chi connectivity index (χ4n) is 5.80. The fourth-order valence-corrected chi connectivity index (χ4v) is 5.80. The second-order valence-corrected chi connectivity index (χ2v) is 9.58. The Hall–Kier alpha value is -4.24. The number of aromatic nitrogens is 4. The van der Waals surface area contributed by atoms with Gasteiger partial charge in [-0.05, 0) is 30.7 Å². The van der Waals surface area contributed by atoms with Gasteiger partial charge in [-0.2, -0.15) is 13.9 Å². The van der Waals surface area contributed by atoms with Crippen LogP contribution in [0.25, 0.3) is 16.9 Å². The first-order valence-corrected chi connectivity index (χ1v) is 12.0. The van der Waals surface area contributed by atoms with Gasteiger partial charge in [0.25, 0.3) is 5.91 Å². The van der Waals surface area contributed by atoms with Gasteiger partial charge in [-0.3, -0.25) is 14.7 Å². The summed E-state index contributed by atoms with van der Waals surface area (Å²) in [4.78, 5) is 23.1. The smallest absolute Gasteiger partial charge is 0.387 e.